The van der Waals surface area contributed by atoms with Gasteiger partial charge in [-0.15, -0.1) is 0 Å². The van der Waals surface area contributed by atoms with Gasteiger partial charge in [0.1, 0.15) is 0 Å². The molecule has 0 atom stereocenters. The molecule has 0 bridgehead atoms. The van der Waals surface area contributed by atoms with Crippen LogP contribution in [0.1, 0.15) is 23.0 Å². The van der Waals surface area contributed by atoms with Gasteiger partial charge < -0.3 is 19.4 Å². The summed E-state index contributed by atoms with van der Waals surface area (Å²) in [4.78, 5) is 14.4. The monoisotopic (exact) mass is 338 g/mol. The van der Waals surface area contributed by atoms with Crippen molar-refractivity contribution in [2.75, 3.05) is 25.6 Å². The van der Waals surface area contributed by atoms with Crippen molar-refractivity contribution < 1.29 is 13.9 Å². The van der Waals surface area contributed by atoms with Crippen LogP contribution in [0.15, 0.2) is 52.9 Å². The van der Waals surface area contributed by atoms with Crippen LogP contribution < -0.4 is 15.0 Å². The lowest BCUT2D eigenvalue weighted by molar-refractivity contribution is 0.0925. The average molecular weight is 338 g/mol. The number of hydrogen-bond acceptors (Lipinski definition) is 4. The molecule has 1 aromatic heterocycles. The van der Waals surface area contributed by atoms with Gasteiger partial charge in [-0.25, -0.2) is 0 Å². The highest BCUT2D eigenvalue weighted by atomic mass is 16.5. The topological polar surface area (TPSA) is 54.7 Å². The van der Waals surface area contributed by atoms with Crippen molar-refractivity contribution in [2.24, 2.45) is 0 Å². The maximum Gasteiger partial charge on any atom is 0.287 e. The molecule has 5 nitrogen and oxygen atoms in total. The number of amides is 1. The molecule has 0 radical (unpaired) electrons. The summed E-state index contributed by atoms with van der Waals surface area (Å²) in [5.74, 6) is 0.695. The van der Waals surface area contributed by atoms with Gasteiger partial charge in [-0.3, -0.25) is 4.79 Å². The Bertz CT molecular complexity index is 866. The Morgan fingerprint density at radius 1 is 1.16 bits per heavy atom. The van der Waals surface area contributed by atoms with Crippen LogP contribution in [0.2, 0.25) is 0 Å². The number of benzene rings is 2. The van der Waals surface area contributed by atoms with Crippen LogP contribution in [0.5, 0.6) is 5.75 Å². The summed E-state index contributed by atoms with van der Waals surface area (Å²) >= 11 is 0. The number of nitrogens with zero attached hydrogens (tertiary/aromatic N) is 1. The summed E-state index contributed by atoms with van der Waals surface area (Å²) in [5.41, 5.74) is 2.76. The van der Waals surface area contributed by atoms with Crippen molar-refractivity contribution in [2.45, 2.75) is 13.5 Å². The Balaban J connectivity index is 1.70. The smallest absolute Gasteiger partial charge is 0.287 e. The van der Waals surface area contributed by atoms with Crippen LogP contribution in [0.4, 0.5) is 5.69 Å². The largest absolute Gasteiger partial charge is 0.490 e. The number of fused-ring (bicyclic) bond motifs is 1. The number of furan rings is 1. The highest BCUT2D eigenvalue weighted by molar-refractivity contribution is 5.97. The zero-order valence-electron chi connectivity index (χ0n) is 14.7. The lowest BCUT2D eigenvalue weighted by atomic mass is 10.2. The molecule has 0 unspecified atom stereocenters. The first-order chi connectivity index (χ1) is 12.1. The molecule has 5 heteroatoms. The fourth-order valence-corrected chi connectivity index (χ4v) is 2.60. The van der Waals surface area contributed by atoms with Gasteiger partial charge in [-0.1, -0.05) is 24.3 Å². The van der Waals surface area contributed by atoms with Gasteiger partial charge in [0.05, 0.1) is 6.61 Å². The molecule has 0 aliphatic heterocycles. The molecule has 0 aliphatic rings. The minimum Gasteiger partial charge on any atom is -0.490 e. The first-order valence-corrected chi connectivity index (χ1v) is 8.28. The van der Waals surface area contributed by atoms with E-state index in [-0.39, 0.29) is 11.7 Å². The van der Waals surface area contributed by atoms with E-state index in [2.05, 4.69) is 5.32 Å². The van der Waals surface area contributed by atoms with Gasteiger partial charge in [0, 0.05) is 31.7 Å². The van der Waals surface area contributed by atoms with E-state index in [0.29, 0.717) is 24.5 Å². The van der Waals surface area contributed by atoms with Crippen molar-refractivity contribution in [3.8, 4) is 5.75 Å². The normalized spacial score (nSPS) is 10.7. The molecule has 0 spiro atoms. The van der Waals surface area contributed by atoms with E-state index in [0.717, 1.165) is 16.6 Å². The van der Waals surface area contributed by atoms with E-state index in [1.54, 1.807) is 6.07 Å². The van der Waals surface area contributed by atoms with E-state index in [1.165, 1.54) is 0 Å². The van der Waals surface area contributed by atoms with E-state index in [4.69, 9.17) is 9.15 Å². The summed E-state index contributed by atoms with van der Waals surface area (Å²) < 4.78 is 11.3. The van der Waals surface area contributed by atoms with Crippen LogP contribution in [0, 0.1) is 0 Å². The average Bonchev–Trinajstić information content (AvgIpc) is 3.05. The maximum absolute atomic E-state index is 12.4. The SMILES string of the molecule is CCOc1cccc2cc(C(=O)NCc3ccc(N(C)C)cc3)oc12. The predicted molar refractivity (Wildman–Crippen MR) is 99.3 cm³/mol. The van der Waals surface area contributed by atoms with Gasteiger partial charge in [0.25, 0.3) is 5.91 Å². The van der Waals surface area contributed by atoms with E-state index in [1.807, 2.05) is 68.4 Å². The van der Waals surface area contributed by atoms with Crippen LogP contribution in [0.3, 0.4) is 0 Å². The van der Waals surface area contributed by atoms with Crippen molar-refractivity contribution in [1.29, 1.82) is 0 Å². The zero-order valence-corrected chi connectivity index (χ0v) is 14.7. The molecule has 1 heterocycles. The highest BCUT2D eigenvalue weighted by Crippen LogP contribution is 2.28. The third-order valence-corrected chi connectivity index (χ3v) is 3.94. The third-order valence-electron chi connectivity index (χ3n) is 3.94. The number of hydrogen-bond donors (Lipinski definition) is 1. The highest BCUT2D eigenvalue weighted by Gasteiger charge is 2.14. The Kier molecular flexibility index (Phi) is 4.93. The first-order valence-electron chi connectivity index (χ1n) is 8.28. The molecule has 0 fully saturated rings. The van der Waals surface area contributed by atoms with Gasteiger partial charge in [0.2, 0.25) is 0 Å². The number of ether oxygens (including phenoxy) is 1. The Hall–Kier alpha value is -2.95. The molecule has 0 saturated heterocycles. The van der Waals surface area contributed by atoms with Gasteiger partial charge in [0.15, 0.2) is 17.1 Å². The lowest BCUT2D eigenvalue weighted by Gasteiger charge is -2.12. The summed E-state index contributed by atoms with van der Waals surface area (Å²) in [6, 6.07) is 15.4. The van der Waals surface area contributed by atoms with Crippen molar-refractivity contribution >= 4 is 22.6 Å². The minimum absolute atomic E-state index is 0.240. The fourth-order valence-electron chi connectivity index (χ4n) is 2.60. The predicted octanol–water partition coefficient (Wildman–Crippen LogP) is 3.83. The van der Waals surface area contributed by atoms with Crippen molar-refractivity contribution in [3.05, 3.63) is 59.9 Å². The minimum atomic E-state index is -0.240. The summed E-state index contributed by atoms with van der Waals surface area (Å²) in [6.45, 7) is 2.91. The molecule has 1 amide bonds. The summed E-state index contributed by atoms with van der Waals surface area (Å²) in [7, 11) is 3.99. The molecule has 3 rings (SSSR count). The molecule has 130 valence electrons. The van der Waals surface area contributed by atoms with Gasteiger partial charge in [-0.05, 0) is 36.8 Å². The molecule has 3 aromatic rings. The molecule has 2 aromatic carbocycles. The third kappa shape index (κ3) is 3.76. The van der Waals surface area contributed by atoms with Crippen LogP contribution in [-0.2, 0) is 6.54 Å². The second kappa shape index (κ2) is 7.30. The fraction of sp³-hybridized carbons (Fsp3) is 0.250. The van der Waals surface area contributed by atoms with E-state index < -0.39 is 0 Å². The molecule has 0 aliphatic carbocycles. The zero-order chi connectivity index (χ0) is 17.8. The Morgan fingerprint density at radius 2 is 1.92 bits per heavy atom. The van der Waals surface area contributed by atoms with Crippen molar-refractivity contribution in [1.82, 2.24) is 5.32 Å². The number of anilines is 1. The van der Waals surface area contributed by atoms with Crippen molar-refractivity contribution in [3.63, 3.8) is 0 Å². The maximum atomic E-state index is 12.4. The standard InChI is InChI=1S/C20H22N2O3/c1-4-24-17-7-5-6-15-12-18(25-19(15)17)20(23)21-13-14-8-10-16(11-9-14)22(2)3/h5-12H,4,13H2,1-3H3,(H,21,23). The first kappa shape index (κ1) is 16.9. The number of carbonyl (C=O) groups excluding carboxylic acids is 1. The van der Waals surface area contributed by atoms with E-state index >= 15 is 0 Å². The Morgan fingerprint density at radius 3 is 2.60 bits per heavy atom. The van der Waals surface area contributed by atoms with Crippen LogP contribution >= 0.6 is 0 Å². The van der Waals surface area contributed by atoms with Crippen LogP contribution in [0.25, 0.3) is 11.0 Å². The van der Waals surface area contributed by atoms with Gasteiger partial charge in [-0.2, -0.15) is 0 Å². The molecule has 25 heavy (non-hydrogen) atoms. The number of para-hydroxylation sites is 1. The molecule has 1 N–H and O–H groups in total. The molecular weight excluding hydrogens is 316 g/mol. The van der Waals surface area contributed by atoms with Crippen LogP contribution in [-0.4, -0.2) is 26.6 Å². The second-order valence-electron chi connectivity index (χ2n) is 5.96. The van der Waals surface area contributed by atoms with E-state index in [9.17, 15) is 4.79 Å². The number of rotatable bonds is 6. The van der Waals surface area contributed by atoms with Gasteiger partial charge >= 0.3 is 0 Å². The number of carbonyl (C=O) groups is 1. The number of nitrogens with one attached hydrogen (secondary N) is 1. The summed E-state index contributed by atoms with van der Waals surface area (Å²) in [5, 5.41) is 3.74. The summed E-state index contributed by atoms with van der Waals surface area (Å²) in [6.07, 6.45) is 0. The Labute approximate surface area is 147 Å². The lowest BCUT2D eigenvalue weighted by Crippen LogP contribution is -2.22. The quantitative estimate of drug-likeness (QED) is 0.742. The molecule has 0 saturated carbocycles. The molecular formula is C20H22N2O3. The second-order valence-corrected chi connectivity index (χ2v) is 5.96.